The zero-order valence-corrected chi connectivity index (χ0v) is 6.89. The van der Waals surface area contributed by atoms with Crippen LogP contribution in [0.2, 0.25) is 0 Å². The molecule has 0 saturated heterocycles. The fourth-order valence-corrected chi connectivity index (χ4v) is 1.01. The third kappa shape index (κ3) is 1.92. The zero-order valence-electron chi connectivity index (χ0n) is 6.13. The number of nitriles is 1. The number of nitrogens with zero attached hydrogens (tertiary/aromatic N) is 2. The van der Waals surface area contributed by atoms with Crippen molar-refractivity contribution in [2.75, 3.05) is 0 Å². The average Bonchev–Trinajstić information content (AvgIpc) is 2.03. The van der Waals surface area contributed by atoms with Crippen molar-refractivity contribution in [2.24, 2.45) is 0 Å². The van der Waals surface area contributed by atoms with Crippen LogP contribution < -0.4 is 0 Å². The van der Waals surface area contributed by atoms with Gasteiger partial charge in [-0.2, -0.15) is 5.26 Å². The maximum atomic E-state index is 8.56. The number of halogens is 1. The van der Waals surface area contributed by atoms with Crippen LogP contribution in [0.1, 0.15) is 17.0 Å². The van der Waals surface area contributed by atoms with Gasteiger partial charge < -0.3 is 0 Å². The third-order valence-corrected chi connectivity index (χ3v) is 1.55. The van der Waals surface area contributed by atoms with Crippen molar-refractivity contribution in [2.45, 2.75) is 12.8 Å². The zero-order chi connectivity index (χ0) is 8.27. The van der Waals surface area contributed by atoms with E-state index < -0.39 is 0 Å². The van der Waals surface area contributed by atoms with Crippen molar-refractivity contribution < 1.29 is 0 Å². The Morgan fingerprint density at radius 2 is 2.36 bits per heavy atom. The fourth-order valence-electron chi connectivity index (χ4n) is 0.870. The summed E-state index contributed by atoms with van der Waals surface area (Å²) in [6, 6.07) is 5.47. The Hall–Kier alpha value is -1.07. The molecule has 0 aliphatic rings. The first-order valence-corrected chi connectivity index (χ1v) is 3.73. The van der Waals surface area contributed by atoms with Crippen molar-refractivity contribution in [1.29, 1.82) is 5.26 Å². The average molecular weight is 167 g/mol. The minimum atomic E-state index is 0.357. The molecule has 0 spiro atoms. The smallest absolute Gasteiger partial charge is 0.0992 e. The maximum absolute atomic E-state index is 8.56. The quantitative estimate of drug-likeness (QED) is 0.599. The highest BCUT2D eigenvalue weighted by atomic mass is 35.5. The van der Waals surface area contributed by atoms with E-state index in [4.69, 9.17) is 16.9 Å². The van der Waals surface area contributed by atoms with E-state index in [-0.39, 0.29) is 0 Å². The van der Waals surface area contributed by atoms with Gasteiger partial charge in [-0.05, 0) is 19.1 Å². The van der Waals surface area contributed by atoms with Gasteiger partial charge in [0.1, 0.15) is 0 Å². The normalized spacial score (nSPS) is 9.18. The van der Waals surface area contributed by atoms with Crippen LogP contribution in [0.3, 0.4) is 0 Å². The molecule has 0 fully saturated rings. The Balaban J connectivity index is 3.15. The van der Waals surface area contributed by atoms with E-state index >= 15 is 0 Å². The van der Waals surface area contributed by atoms with Crippen molar-refractivity contribution in [3.8, 4) is 6.07 Å². The second-order valence-electron chi connectivity index (χ2n) is 2.23. The number of pyridine rings is 1. The summed E-state index contributed by atoms with van der Waals surface area (Å²) >= 11 is 5.56. The van der Waals surface area contributed by atoms with Crippen LogP contribution in [-0.2, 0) is 5.88 Å². The molecular formula is C8H7ClN2. The largest absolute Gasteiger partial charge is 0.257 e. The third-order valence-electron chi connectivity index (χ3n) is 1.27. The van der Waals surface area contributed by atoms with Gasteiger partial charge in [0.25, 0.3) is 0 Å². The molecule has 1 heterocycles. The first-order chi connectivity index (χ1) is 5.26. The van der Waals surface area contributed by atoms with Gasteiger partial charge in [0, 0.05) is 5.69 Å². The Labute approximate surface area is 70.4 Å². The van der Waals surface area contributed by atoms with E-state index in [1.54, 1.807) is 12.1 Å². The van der Waals surface area contributed by atoms with Crippen LogP contribution in [0.15, 0.2) is 12.1 Å². The predicted molar refractivity (Wildman–Crippen MR) is 43.2 cm³/mol. The number of aryl methyl sites for hydroxylation is 1. The molecule has 1 aromatic rings. The van der Waals surface area contributed by atoms with E-state index in [1.165, 1.54) is 0 Å². The second kappa shape index (κ2) is 3.36. The number of alkyl halides is 1. The van der Waals surface area contributed by atoms with Gasteiger partial charge in [-0.1, -0.05) is 0 Å². The van der Waals surface area contributed by atoms with Crippen LogP contribution in [0, 0.1) is 18.3 Å². The number of aromatic nitrogens is 1. The molecule has 0 saturated carbocycles. The highest BCUT2D eigenvalue weighted by Gasteiger charge is 1.96. The van der Waals surface area contributed by atoms with E-state index in [1.807, 2.05) is 13.0 Å². The van der Waals surface area contributed by atoms with Crippen molar-refractivity contribution in [3.05, 3.63) is 29.1 Å². The molecule has 0 amide bonds. The summed E-state index contributed by atoms with van der Waals surface area (Å²) in [6.07, 6.45) is 0. The molecule has 0 aliphatic heterocycles. The lowest BCUT2D eigenvalue weighted by Crippen LogP contribution is -1.90. The van der Waals surface area contributed by atoms with Gasteiger partial charge in [-0.3, -0.25) is 4.98 Å². The number of rotatable bonds is 1. The Morgan fingerprint density at radius 1 is 1.64 bits per heavy atom. The standard InChI is InChI=1S/C8H7ClN2/c1-6-2-7(5-10)3-8(4-9)11-6/h2-3H,4H2,1H3. The molecule has 1 rings (SSSR count). The van der Waals surface area contributed by atoms with Crippen molar-refractivity contribution >= 4 is 11.6 Å². The van der Waals surface area contributed by atoms with Gasteiger partial charge in [0.2, 0.25) is 0 Å². The fraction of sp³-hybridized carbons (Fsp3) is 0.250. The molecule has 2 nitrogen and oxygen atoms in total. The molecule has 0 bridgehead atoms. The summed E-state index contributed by atoms with van der Waals surface area (Å²) in [5, 5.41) is 8.56. The molecule has 0 unspecified atom stereocenters. The second-order valence-corrected chi connectivity index (χ2v) is 2.50. The molecule has 0 aromatic carbocycles. The monoisotopic (exact) mass is 166 g/mol. The summed E-state index contributed by atoms with van der Waals surface area (Å²) in [6.45, 7) is 1.84. The van der Waals surface area contributed by atoms with Crippen LogP contribution in [-0.4, -0.2) is 4.98 Å². The Kier molecular flexibility index (Phi) is 2.45. The van der Waals surface area contributed by atoms with Crippen LogP contribution in [0.5, 0.6) is 0 Å². The van der Waals surface area contributed by atoms with Crippen LogP contribution >= 0.6 is 11.6 Å². The highest BCUT2D eigenvalue weighted by Crippen LogP contribution is 2.06. The van der Waals surface area contributed by atoms with Gasteiger partial charge >= 0.3 is 0 Å². The molecule has 0 N–H and O–H groups in total. The van der Waals surface area contributed by atoms with E-state index in [0.717, 1.165) is 11.4 Å². The van der Waals surface area contributed by atoms with Gasteiger partial charge in [0.15, 0.2) is 0 Å². The Morgan fingerprint density at radius 3 is 2.91 bits per heavy atom. The molecular weight excluding hydrogens is 160 g/mol. The summed E-state index contributed by atoms with van der Waals surface area (Å²) in [5.41, 5.74) is 2.20. The van der Waals surface area contributed by atoms with Gasteiger partial charge in [0.05, 0.1) is 23.2 Å². The predicted octanol–water partition coefficient (Wildman–Crippen LogP) is 2.00. The summed E-state index contributed by atoms with van der Waals surface area (Å²) < 4.78 is 0. The summed E-state index contributed by atoms with van der Waals surface area (Å²) in [4.78, 5) is 4.12. The summed E-state index contributed by atoms with van der Waals surface area (Å²) in [7, 11) is 0. The molecule has 3 heteroatoms. The van der Waals surface area contributed by atoms with E-state index in [2.05, 4.69) is 4.98 Å². The minimum Gasteiger partial charge on any atom is -0.257 e. The summed E-state index contributed by atoms with van der Waals surface area (Å²) in [5.74, 6) is 0.357. The SMILES string of the molecule is Cc1cc(C#N)cc(CCl)n1. The molecule has 0 radical (unpaired) electrons. The van der Waals surface area contributed by atoms with Crippen LogP contribution in [0.4, 0.5) is 0 Å². The lowest BCUT2D eigenvalue weighted by molar-refractivity contribution is 1.10. The minimum absolute atomic E-state index is 0.357. The first kappa shape index (κ1) is 8.03. The molecule has 0 aliphatic carbocycles. The first-order valence-electron chi connectivity index (χ1n) is 3.20. The van der Waals surface area contributed by atoms with E-state index in [0.29, 0.717) is 11.4 Å². The lowest BCUT2D eigenvalue weighted by atomic mass is 10.2. The van der Waals surface area contributed by atoms with E-state index in [9.17, 15) is 0 Å². The molecule has 56 valence electrons. The molecule has 0 atom stereocenters. The number of hydrogen-bond donors (Lipinski definition) is 0. The van der Waals surface area contributed by atoms with Crippen molar-refractivity contribution in [1.82, 2.24) is 4.98 Å². The molecule has 11 heavy (non-hydrogen) atoms. The Bertz CT molecular complexity index is 301. The van der Waals surface area contributed by atoms with Gasteiger partial charge in [-0.15, -0.1) is 11.6 Å². The maximum Gasteiger partial charge on any atom is 0.0992 e. The van der Waals surface area contributed by atoms with Crippen molar-refractivity contribution in [3.63, 3.8) is 0 Å². The van der Waals surface area contributed by atoms with Crippen LogP contribution in [0.25, 0.3) is 0 Å². The lowest BCUT2D eigenvalue weighted by Gasteiger charge is -1.96. The highest BCUT2D eigenvalue weighted by molar-refractivity contribution is 6.16. The number of hydrogen-bond acceptors (Lipinski definition) is 2. The van der Waals surface area contributed by atoms with Gasteiger partial charge in [-0.25, -0.2) is 0 Å². The topological polar surface area (TPSA) is 36.7 Å². The molecule has 1 aromatic heterocycles.